The van der Waals surface area contributed by atoms with Crippen LogP contribution in [0.1, 0.15) is 65.5 Å². The van der Waals surface area contributed by atoms with Gasteiger partial charge in [-0.2, -0.15) is 0 Å². The molecule has 0 bridgehead atoms. The minimum atomic E-state index is -0.952. The summed E-state index contributed by atoms with van der Waals surface area (Å²) in [6.45, 7) is 17.4. The van der Waals surface area contributed by atoms with Crippen molar-refractivity contribution in [3.8, 4) is 5.75 Å². The molecule has 24 heavy (non-hydrogen) atoms. The smallest absolute Gasteiger partial charge is 0.189 e. The predicted octanol–water partition coefficient (Wildman–Crippen LogP) is 4.96. The first-order valence-corrected chi connectivity index (χ1v) is 8.86. The third kappa shape index (κ3) is 5.35. The van der Waals surface area contributed by atoms with E-state index in [1.54, 1.807) is 6.08 Å². The van der Waals surface area contributed by atoms with E-state index in [0.29, 0.717) is 6.61 Å². The van der Waals surface area contributed by atoms with Gasteiger partial charge < -0.3 is 14.6 Å². The molecule has 1 unspecified atom stereocenters. The molecule has 0 saturated heterocycles. The van der Waals surface area contributed by atoms with Gasteiger partial charge in [-0.3, -0.25) is 0 Å². The van der Waals surface area contributed by atoms with Crippen LogP contribution in [0.4, 0.5) is 0 Å². The highest BCUT2D eigenvalue weighted by Gasteiger charge is 2.26. The van der Waals surface area contributed by atoms with Gasteiger partial charge >= 0.3 is 0 Å². The fraction of sp³-hybridized carbons (Fsp3) is 0.619. The summed E-state index contributed by atoms with van der Waals surface area (Å²) in [5.74, 6) is 0.818. The van der Waals surface area contributed by atoms with Gasteiger partial charge in [0.05, 0.1) is 6.61 Å². The maximum Gasteiger partial charge on any atom is 0.189 e. The van der Waals surface area contributed by atoms with Gasteiger partial charge in [-0.15, -0.1) is 6.58 Å². The number of rotatable bonds is 10. The van der Waals surface area contributed by atoms with Crippen molar-refractivity contribution in [3.63, 3.8) is 0 Å². The summed E-state index contributed by atoms with van der Waals surface area (Å²) in [4.78, 5) is 0. The lowest BCUT2D eigenvalue weighted by Crippen LogP contribution is -2.24. The number of ether oxygens (including phenoxy) is 2. The van der Waals surface area contributed by atoms with Crippen LogP contribution in [0.3, 0.4) is 0 Å². The van der Waals surface area contributed by atoms with E-state index in [-0.39, 0.29) is 17.4 Å². The first-order chi connectivity index (χ1) is 11.2. The van der Waals surface area contributed by atoms with Gasteiger partial charge in [-0.1, -0.05) is 59.8 Å². The summed E-state index contributed by atoms with van der Waals surface area (Å²) in [6, 6.07) is 6.42. The van der Waals surface area contributed by atoms with Gasteiger partial charge in [0.1, 0.15) is 12.4 Å². The van der Waals surface area contributed by atoms with Crippen molar-refractivity contribution in [1.82, 2.24) is 0 Å². The Labute approximate surface area is 147 Å². The Morgan fingerprint density at radius 3 is 2.29 bits per heavy atom. The molecule has 1 atom stereocenters. The molecule has 0 amide bonds. The molecule has 0 saturated carbocycles. The zero-order valence-electron chi connectivity index (χ0n) is 16.2. The quantitative estimate of drug-likeness (QED) is 0.485. The van der Waals surface area contributed by atoms with Crippen LogP contribution in [-0.4, -0.2) is 24.6 Å². The fourth-order valence-corrected chi connectivity index (χ4v) is 2.39. The zero-order chi connectivity index (χ0) is 18.4. The molecule has 136 valence electrons. The summed E-state index contributed by atoms with van der Waals surface area (Å²) < 4.78 is 11.0. The molecule has 0 aliphatic carbocycles. The summed E-state index contributed by atoms with van der Waals surface area (Å²) in [5, 5.41) is 9.82. The molecule has 3 heteroatoms. The second kappa shape index (κ2) is 8.68. The molecule has 0 aliphatic heterocycles. The van der Waals surface area contributed by atoms with Crippen molar-refractivity contribution < 1.29 is 14.6 Å². The van der Waals surface area contributed by atoms with Crippen LogP contribution in [0.2, 0.25) is 0 Å². The largest absolute Gasteiger partial charge is 0.488 e. The molecule has 1 aromatic rings. The molecule has 3 nitrogen and oxygen atoms in total. The summed E-state index contributed by atoms with van der Waals surface area (Å²) >= 11 is 0. The van der Waals surface area contributed by atoms with E-state index < -0.39 is 6.29 Å². The van der Waals surface area contributed by atoms with E-state index in [4.69, 9.17) is 9.47 Å². The molecule has 1 N–H and O–H groups in total. The number of benzene rings is 1. The summed E-state index contributed by atoms with van der Waals surface area (Å²) in [5.41, 5.74) is 2.63. The maximum absolute atomic E-state index is 9.82. The van der Waals surface area contributed by atoms with Crippen molar-refractivity contribution >= 4 is 0 Å². The van der Waals surface area contributed by atoms with Crippen LogP contribution >= 0.6 is 0 Å². The standard InChI is InChI=1S/C21H34O3/c1-8-13-23-19(22)15-24-18-12-11-16(20(4,5)9-2)14-17(18)21(6,7)10-3/h8,11-12,14,19,22H,1,9-10,13,15H2,2-7H3. The molecule has 0 radical (unpaired) electrons. The minimum Gasteiger partial charge on any atom is -0.488 e. The normalized spacial score (nSPS) is 13.6. The second-order valence-corrected chi connectivity index (χ2v) is 7.57. The molecule has 0 fully saturated rings. The minimum absolute atomic E-state index is 0.00207. The van der Waals surface area contributed by atoms with Crippen LogP contribution < -0.4 is 4.74 Å². The van der Waals surface area contributed by atoms with Crippen molar-refractivity contribution in [1.29, 1.82) is 0 Å². The van der Waals surface area contributed by atoms with E-state index >= 15 is 0 Å². The first-order valence-electron chi connectivity index (χ1n) is 8.86. The lowest BCUT2D eigenvalue weighted by Gasteiger charge is -2.30. The maximum atomic E-state index is 9.82. The lowest BCUT2D eigenvalue weighted by atomic mass is 9.76. The van der Waals surface area contributed by atoms with Gasteiger partial charge in [-0.25, -0.2) is 0 Å². The Morgan fingerprint density at radius 2 is 1.75 bits per heavy atom. The number of hydrogen-bond acceptors (Lipinski definition) is 3. The van der Waals surface area contributed by atoms with E-state index in [1.807, 2.05) is 6.07 Å². The Bertz CT molecular complexity index is 532. The molecular formula is C21H34O3. The number of aliphatic hydroxyl groups excluding tert-OH is 1. The highest BCUT2D eigenvalue weighted by Crippen LogP contribution is 2.38. The van der Waals surface area contributed by atoms with Gasteiger partial charge in [0.25, 0.3) is 0 Å². The molecule has 0 aliphatic rings. The average Bonchev–Trinajstić information content (AvgIpc) is 2.57. The molecule has 0 spiro atoms. The average molecular weight is 335 g/mol. The Kier molecular flexibility index (Phi) is 7.50. The highest BCUT2D eigenvalue weighted by atomic mass is 16.6. The van der Waals surface area contributed by atoms with E-state index in [1.165, 1.54) is 11.1 Å². The SMILES string of the molecule is C=CCOC(O)COc1ccc(C(C)(C)CC)cc1C(C)(C)CC. The van der Waals surface area contributed by atoms with Crippen molar-refractivity contribution in [3.05, 3.63) is 42.0 Å². The monoisotopic (exact) mass is 334 g/mol. The third-order valence-electron chi connectivity index (χ3n) is 5.05. The molecular weight excluding hydrogens is 300 g/mol. The van der Waals surface area contributed by atoms with Crippen molar-refractivity contribution in [2.75, 3.05) is 13.2 Å². The Hall–Kier alpha value is -1.32. The highest BCUT2D eigenvalue weighted by molar-refractivity contribution is 5.44. The molecule has 0 heterocycles. The van der Waals surface area contributed by atoms with Crippen LogP contribution in [-0.2, 0) is 15.6 Å². The Morgan fingerprint density at radius 1 is 1.12 bits per heavy atom. The topological polar surface area (TPSA) is 38.7 Å². The van der Waals surface area contributed by atoms with E-state index in [9.17, 15) is 5.11 Å². The van der Waals surface area contributed by atoms with Crippen LogP contribution in [0.15, 0.2) is 30.9 Å². The Balaban J connectivity index is 3.09. The third-order valence-corrected chi connectivity index (χ3v) is 5.05. The summed E-state index contributed by atoms with van der Waals surface area (Å²) in [6.07, 6.45) is 2.74. The number of aliphatic hydroxyl groups is 1. The van der Waals surface area contributed by atoms with E-state index in [0.717, 1.165) is 18.6 Å². The fourth-order valence-electron chi connectivity index (χ4n) is 2.39. The van der Waals surface area contributed by atoms with Gasteiger partial charge in [-0.05, 0) is 35.3 Å². The van der Waals surface area contributed by atoms with Crippen molar-refractivity contribution in [2.45, 2.75) is 71.5 Å². The van der Waals surface area contributed by atoms with Crippen LogP contribution in [0.5, 0.6) is 5.75 Å². The van der Waals surface area contributed by atoms with Gasteiger partial charge in [0, 0.05) is 5.56 Å². The molecule has 1 aromatic carbocycles. The van der Waals surface area contributed by atoms with Crippen LogP contribution in [0.25, 0.3) is 0 Å². The second-order valence-electron chi connectivity index (χ2n) is 7.57. The number of hydrogen-bond donors (Lipinski definition) is 1. The predicted molar refractivity (Wildman–Crippen MR) is 101 cm³/mol. The lowest BCUT2D eigenvalue weighted by molar-refractivity contribution is -0.110. The van der Waals surface area contributed by atoms with Gasteiger partial charge in [0.2, 0.25) is 0 Å². The van der Waals surface area contributed by atoms with E-state index in [2.05, 4.69) is 60.3 Å². The van der Waals surface area contributed by atoms with Gasteiger partial charge in [0.15, 0.2) is 6.29 Å². The molecule has 0 aromatic heterocycles. The summed E-state index contributed by atoms with van der Waals surface area (Å²) in [7, 11) is 0. The van der Waals surface area contributed by atoms with Crippen molar-refractivity contribution in [2.24, 2.45) is 0 Å². The molecule has 1 rings (SSSR count). The first kappa shape index (κ1) is 20.7. The zero-order valence-corrected chi connectivity index (χ0v) is 16.2. The van der Waals surface area contributed by atoms with Crippen LogP contribution in [0, 0.1) is 0 Å².